The fourth-order valence-electron chi connectivity index (χ4n) is 4.17. The molecule has 0 saturated carbocycles. The Labute approximate surface area is 183 Å². The van der Waals surface area contributed by atoms with Gasteiger partial charge >= 0.3 is 6.36 Å². The van der Waals surface area contributed by atoms with Gasteiger partial charge in [-0.25, -0.2) is 0 Å². The standard InChI is InChI=1S/C22H23ClF3N3O2/c1-27(2)16-7-8-28(13-16)17-9-15-12-29(21(30)20(15)19(23)10-17)11-14-3-5-18(6-4-14)31-22(24,25)26/h3-6,9-10,16H,7-8,11-13H2,1-2H3/t16-/m0/s1. The monoisotopic (exact) mass is 453 g/mol. The van der Waals surface area contributed by atoms with Crippen molar-refractivity contribution in [2.75, 3.05) is 32.1 Å². The number of hydrogen-bond donors (Lipinski definition) is 0. The van der Waals surface area contributed by atoms with Crippen LogP contribution in [-0.4, -0.2) is 55.3 Å². The van der Waals surface area contributed by atoms with E-state index in [1.165, 1.54) is 24.3 Å². The highest BCUT2D eigenvalue weighted by molar-refractivity contribution is 6.34. The number of hydrogen-bond acceptors (Lipinski definition) is 4. The van der Waals surface area contributed by atoms with Gasteiger partial charge in [-0.2, -0.15) is 0 Å². The Morgan fingerprint density at radius 2 is 1.90 bits per heavy atom. The molecular weight excluding hydrogens is 431 g/mol. The van der Waals surface area contributed by atoms with E-state index in [0.29, 0.717) is 28.7 Å². The summed E-state index contributed by atoms with van der Waals surface area (Å²) in [5.41, 5.74) is 3.10. The number of carbonyl (C=O) groups is 1. The van der Waals surface area contributed by atoms with Crippen molar-refractivity contribution in [3.05, 3.63) is 58.1 Å². The Bertz CT molecular complexity index is 979. The van der Waals surface area contributed by atoms with Gasteiger partial charge in [0.25, 0.3) is 5.91 Å². The molecule has 0 radical (unpaired) electrons. The van der Waals surface area contributed by atoms with Crippen LogP contribution in [0, 0.1) is 0 Å². The average Bonchev–Trinajstić information content (AvgIpc) is 3.28. The minimum absolute atomic E-state index is 0.172. The lowest BCUT2D eigenvalue weighted by Crippen LogP contribution is -2.31. The van der Waals surface area contributed by atoms with E-state index in [1.807, 2.05) is 12.1 Å². The quantitative estimate of drug-likeness (QED) is 0.666. The molecule has 0 unspecified atom stereocenters. The molecule has 0 aromatic heterocycles. The third-order valence-corrected chi connectivity index (χ3v) is 6.11. The van der Waals surface area contributed by atoms with Crippen LogP contribution in [0.1, 0.15) is 27.9 Å². The lowest BCUT2D eigenvalue weighted by Gasteiger charge is -2.22. The fraction of sp³-hybridized carbons (Fsp3) is 0.409. The van der Waals surface area contributed by atoms with Gasteiger partial charge in [-0.15, -0.1) is 13.2 Å². The minimum atomic E-state index is -4.73. The van der Waals surface area contributed by atoms with Crippen LogP contribution in [0.5, 0.6) is 5.75 Å². The summed E-state index contributed by atoms with van der Waals surface area (Å²) in [6, 6.07) is 9.90. The minimum Gasteiger partial charge on any atom is -0.406 e. The van der Waals surface area contributed by atoms with Crippen LogP contribution in [0.2, 0.25) is 5.02 Å². The van der Waals surface area contributed by atoms with Crippen molar-refractivity contribution in [2.24, 2.45) is 0 Å². The van der Waals surface area contributed by atoms with Crippen molar-refractivity contribution in [1.29, 1.82) is 0 Å². The largest absolute Gasteiger partial charge is 0.573 e. The number of fused-ring (bicyclic) bond motifs is 1. The number of nitrogens with zero attached hydrogens (tertiary/aromatic N) is 3. The van der Waals surface area contributed by atoms with Crippen molar-refractivity contribution in [3.63, 3.8) is 0 Å². The first-order valence-corrected chi connectivity index (χ1v) is 10.4. The summed E-state index contributed by atoms with van der Waals surface area (Å²) in [4.78, 5) is 19.0. The number of carbonyl (C=O) groups excluding carboxylic acids is 1. The molecule has 1 fully saturated rings. The Morgan fingerprint density at radius 1 is 1.19 bits per heavy atom. The van der Waals surface area contributed by atoms with Gasteiger partial charge in [-0.3, -0.25) is 4.79 Å². The van der Waals surface area contributed by atoms with Crippen LogP contribution in [-0.2, 0) is 13.1 Å². The van der Waals surface area contributed by atoms with E-state index in [2.05, 4.69) is 28.6 Å². The van der Waals surface area contributed by atoms with E-state index in [-0.39, 0.29) is 18.2 Å². The maximum Gasteiger partial charge on any atom is 0.573 e. The molecular formula is C22H23ClF3N3O2. The molecule has 0 spiro atoms. The number of ether oxygens (including phenoxy) is 1. The van der Waals surface area contributed by atoms with E-state index in [4.69, 9.17) is 11.6 Å². The number of rotatable bonds is 5. The van der Waals surface area contributed by atoms with Gasteiger partial charge in [0.1, 0.15) is 5.75 Å². The molecule has 0 bridgehead atoms. The highest BCUT2D eigenvalue weighted by Crippen LogP contribution is 2.36. The van der Waals surface area contributed by atoms with Crippen molar-refractivity contribution in [1.82, 2.24) is 9.80 Å². The second kappa shape index (κ2) is 8.24. The lowest BCUT2D eigenvalue weighted by molar-refractivity contribution is -0.274. The molecule has 2 aliphatic heterocycles. The third kappa shape index (κ3) is 4.75. The zero-order chi connectivity index (χ0) is 22.3. The molecule has 0 N–H and O–H groups in total. The Kier molecular flexibility index (Phi) is 5.79. The topological polar surface area (TPSA) is 36.0 Å². The van der Waals surface area contributed by atoms with Gasteiger partial charge < -0.3 is 19.4 Å². The van der Waals surface area contributed by atoms with Gasteiger partial charge in [0, 0.05) is 37.9 Å². The van der Waals surface area contributed by atoms with Gasteiger partial charge in [0.05, 0.1) is 10.6 Å². The average molecular weight is 454 g/mol. The van der Waals surface area contributed by atoms with E-state index in [0.717, 1.165) is 30.8 Å². The lowest BCUT2D eigenvalue weighted by atomic mass is 10.1. The molecule has 166 valence electrons. The summed E-state index contributed by atoms with van der Waals surface area (Å²) in [5.74, 6) is -0.462. The molecule has 1 amide bonds. The van der Waals surface area contributed by atoms with Gasteiger partial charge in [0.15, 0.2) is 0 Å². The molecule has 0 aliphatic carbocycles. The van der Waals surface area contributed by atoms with Crippen molar-refractivity contribution >= 4 is 23.2 Å². The second-order valence-electron chi connectivity index (χ2n) is 8.17. The predicted molar refractivity (Wildman–Crippen MR) is 112 cm³/mol. The maximum absolute atomic E-state index is 12.9. The second-order valence-corrected chi connectivity index (χ2v) is 8.57. The molecule has 2 aromatic rings. The predicted octanol–water partition coefficient (Wildman–Crippen LogP) is 4.53. The molecule has 2 aromatic carbocycles. The summed E-state index contributed by atoms with van der Waals surface area (Å²) < 4.78 is 40.9. The number of anilines is 1. The van der Waals surface area contributed by atoms with Crippen LogP contribution in [0.25, 0.3) is 0 Å². The SMILES string of the molecule is CN(C)[C@H]1CCN(c2cc(Cl)c3c(c2)CN(Cc2ccc(OC(F)(F)F)cc2)C3=O)C1. The molecule has 5 nitrogen and oxygen atoms in total. The van der Waals surface area contributed by atoms with Crippen LogP contribution >= 0.6 is 11.6 Å². The first-order chi connectivity index (χ1) is 14.6. The first kappa shape index (κ1) is 21.8. The van der Waals surface area contributed by atoms with E-state index in [9.17, 15) is 18.0 Å². The first-order valence-electron chi connectivity index (χ1n) is 9.98. The van der Waals surface area contributed by atoms with Crippen LogP contribution in [0.15, 0.2) is 36.4 Å². The molecule has 9 heteroatoms. The van der Waals surface area contributed by atoms with E-state index >= 15 is 0 Å². The number of alkyl halides is 3. The number of likely N-dealkylation sites (N-methyl/N-ethyl adjacent to an activating group) is 1. The summed E-state index contributed by atoms with van der Waals surface area (Å²) in [6.07, 6.45) is -3.66. The van der Waals surface area contributed by atoms with Crippen LogP contribution in [0.4, 0.5) is 18.9 Å². The Morgan fingerprint density at radius 3 is 2.52 bits per heavy atom. The molecule has 2 aliphatic rings. The molecule has 4 rings (SSSR count). The Hall–Kier alpha value is -2.45. The molecule has 31 heavy (non-hydrogen) atoms. The Balaban J connectivity index is 1.47. The smallest absolute Gasteiger partial charge is 0.406 e. The van der Waals surface area contributed by atoms with Gasteiger partial charge in [0.2, 0.25) is 0 Å². The van der Waals surface area contributed by atoms with E-state index in [1.54, 1.807) is 4.90 Å². The molecule has 1 atom stereocenters. The molecule has 1 saturated heterocycles. The van der Waals surface area contributed by atoms with E-state index < -0.39 is 6.36 Å². The highest BCUT2D eigenvalue weighted by atomic mass is 35.5. The molecule has 2 heterocycles. The summed E-state index contributed by atoms with van der Waals surface area (Å²) in [6.45, 7) is 2.53. The number of amides is 1. The van der Waals surface area contributed by atoms with Gasteiger partial charge in [-0.05, 0) is 55.9 Å². The number of halogens is 4. The van der Waals surface area contributed by atoms with Crippen LogP contribution in [0.3, 0.4) is 0 Å². The summed E-state index contributed by atoms with van der Waals surface area (Å²) >= 11 is 6.49. The van der Waals surface area contributed by atoms with Gasteiger partial charge in [-0.1, -0.05) is 23.7 Å². The highest BCUT2D eigenvalue weighted by Gasteiger charge is 2.33. The van der Waals surface area contributed by atoms with Crippen molar-refractivity contribution in [2.45, 2.75) is 31.9 Å². The summed E-state index contributed by atoms with van der Waals surface area (Å²) in [5, 5.41) is 0.433. The normalized spacial score (nSPS) is 18.8. The van der Waals surface area contributed by atoms with Crippen LogP contribution < -0.4 is 9.64 Å². The zero-order valence-corrected chi connectivity index (χ0v) is 18.0. The van der Waals surface area contributed by atoms with Crippen molar-refractivity contribution in [3.8, 4) is 5.75 Å². The summed E-state index contributed by atoms with van der Waals surface area (Å²) in [7, 11) is 4.14. The fourth-order valence-corrected chi connectivity index (χ4v) is 4.49. The zero-order valence-electron chi connectivity index (χ0n) is 17.2. The third-order valence-electron chi connectivity index (χ3n) is 5.81. The maximum atomic E-state index is 12.9. The van der Waals surface area contributed by atoms with Crippen molar-refractivity contribution < 1.29 is 22.7 Å². The number of benzene rings is 2.